The Bertz CT molecular complexity index is 566. The molecular formula is C26H42O2. The van der Waals surface area contributed by atoms with Gasteiger partial charge in [0.15, 0.2) is 6.29 Å². The smallest absolute Gasteiger partial charge is 0.184 e. The summed E-state index contributed by atoms with van der Waals surface area (Å²) in [5, 5.41) is 0. The Morgan fingerprint density at radius 1 is 0.857 bits per heavy atom. The largest absolute Gasteiger partial charge is 0.348 e. The van der Waals surface area contributed by atoms with Crippen LogP contribution in [0.1, 0.15) is 101 Å². The zero-order chi connectivity index (χ0) is 19.8. The molecule has 0 N–H and O–H groups in total. The molecule has 28 heavy (non-hydrogen) atoms. The third kappa shape index (κ3) is 6.07. The summed E-state index contributed by atoms with van der Waals surface area (Å²) < 4.78 is 12.4. The average molecular weight is 387 g/mol. The van der Waals surface area contributed by atoms with Crippen LogP contribution in [-0.4, -0.2) is 13.2 Å². The number of benzene rings is 1. The molecule has 2 aliphatic rings. The van der Waals surface area contributed by atoms with Crippen molar-refractivity contribution >= 4 is 0 Å². The fourth-order valence-electron chi connectivity index (χ4n) is 5.14. The average Bonchev–Trinajstić information content (AvgIpc) is 2.73. The summed E-state index contributed by atoms with van der Waals surface area (Å²) in [6, 6.07) is 6.81. The summed E-state index contributed by atoms with van der Waals surface area (Å²) in [7, 11) is 0. The van der Waals surface area contributed by atoms with Crippen LogP contribution >= 0.6 is 0 Å². The van der Waals surface area contributed by atoms with E-state index in [1.165, 1.54) is 87.3 Å². The van der Waals surface area contributed by atoms with E-state index in [1.54, 1.807) is 0 Å². The van der Waals surface area contributed by atoms with Crippen molar-refractivity contribution in [3.63, 3.8) is 0 Å². The number of ether oxygens (including phenoxy) is 2. The van der Waals surface area contributed by atoms with E-state index in [0.717, 1.165) is 25.0 Å². The minimum atomic E-state index is -0.165. The topological polar surface area (TPSA) is 18.5 Å². The maximum Gasteiger partial charge on any atom is 0.184 e. The van der Waals surface area contributed by atoms with Gasteiger partial charge in [-0.3, -0.25) is 0 Å². The molecular weight excluding hydrogens is 344 g/mol. The summed E-state index contributed by atoms with van der Waals surface area (Å²) >= 11 is 0. The van der Waals surface area contributed by atoms with Crippen molar-refractivity contribution in [2.45, 2.75) is 97.7 Å². The van der Waals surface area contributed by atoms with Crippen molar-refractivity contribution in [1.82, 2.24) is 0 Å². The lowest BCUT2D eigenvalue weighted by Gasteiger charge is -2.38. The fourth-order valence-corrected chi connectivity index (χ4v) is 5.14. The van der Waals surface area contributed by atoms with Gasteiger partial charge in [0.2, 0.25) is 0 Å². The van der Waals surface area contributed by atoms with Crippen LogP contribution in [0, 0.1) is 24.7 Å². The minimum Gasteiger partial charge on any atom is -0.348 e. The highest BCUT2D eigenvalue weighted by molar-refractivity contribution is 5.32. The Hall–Kier alpha value is -0.860. The van der Waals surface area contributed by atoms with Crippen molar-refractivity contribution in [2.24, 2.45) is 17.8 Å². The highest BCUT2D eigenvalue weighted by Crippen LogP contribution is 2.39. The van der Waals surface area contributed by atoms with Crippen molar-refractivity contribution in [2.75, 3.05) is 13.2 Å². The van der Waals surface area contributed by atoms with Crippen molar-refractivity contribution < 1.29 is 9.47 Å². The second-order valence-corrected chi connectivity index (χ2v) is 9.33. The second kappa shape index (κ2) is 11.4. The van der Waals surface area contributed by atoms with Gasteiger partial charge in [-0.1, -0.05) is 77.0 Å². The van der Waals surface area contributed by atoms with Gasteiger partial charge in [-0.05, 0) is 55.6 Å². The molecule has 1 saturated carbocycles. The van der Waals surface area contributed by atoms with Crippen LogP contribution in [0.5, 0.6) is 0 Å². The maximum atomic E-state index is 6.22. The molecule has 0 atom stereocenters. The van der Waals surface area contributed by atoms with Gasteiger partial charge in [0.1, 0.15) is 0 Å². The molecule has 0 aromatic heterocycles. The lowest BCUT2D eigenvalue weighted by molar-refractivity contribution is -0.215. The Kier molecular flexibility index (Phi) is 8.86. The molecule has 2 heteroatoms. The van der Waals surface area contributed by atoms with Crippen LogP contribution in [0.25, 0.3) is 0 Å². The fraction of sp³-hybridized carbons (Fsp3) is 0.769. The van der Waals surface area contributed by atoms with Gasteiger partial charge < -0.3 is 9.47 Å². The first-order chi connectivity index (χ1) is 13.7. The Labute approximate surface area is 173 Å². The van der Waals surface area contributed by atoms with Crippen LogP contribution in [0.3, 0.4) is 0 Å². The predicted octanol–water partition coefficient (Wildman–Crippen LogP) is 7.39. The molecule has 0 spiro atoms. The third-order valence-corrected chi connectivity index (χ3v) is 7.10. The molecule has 1 aliphatic heterocycles. The SMILES string of the molecule is CCCCCC1CCC([C@H]2CO[C@H](c3ccc(CCCC)cc3C)OC2)CC1. The van der Waals surface area contributed by atoms with Gasteiger partial charge in [0.05, 0.1) is 13.2 Å². The van der Waals surface area contributed by atoms with E-state index in [0.29, 0.717) is 5.92 Å². The molecule has 2 fully saturated rings. The maximum absolute atomic E-state index is 6.22. The summed E-state index contributed by atoms with van der Waals surface area (Å²) in [6.45, 7) is 8.49. The summed E-state index contributed by atoms with van der Waals surface area (Å²) in [6.07, 6.45) is 14.8. The minimum absolute atomic E-state index is 0.165. The van der Waals surface area contributed by atoms with Gasteiger partial charge >= 0.3 is 0 Å². The highest BCUT2D eigenvalue weighted by atomic mass is 16.7. The molecule has 1 aromatic carbocycles. The van der Waals surface area contributed by atoms with Crippen LogP contribution in [0.15, 0.2) is 18.2 Å². The van der Waals surface area contributed by atoms with Crippen molar-refractivity contribution in [3.8, 4) is 0 Å². The van der Waals surface area contributed by atoms with E-state index < -0.39 is 0 Å². The second-order valence-electron chi connectivity index (χ2n) is 9.33. The molecule has 0 amide bonds. The Balaban J connectivity index is 1.44. The summed E-state index contributed by atoms with van der Waals surface area (Å²) in [4.78, 5) is 0. The van der Waals surface area contributed by atoms with Gasteiger partial charge in [-0.25, -0.2) is 0 Å². The standard InChI is InChI=1S/C26H42O2/c1-4-6-8-10-21-11-14-23(15-12-21)24-18-27-26(28-19-24)25-16-13-22(9-7-5-2)17-20(25)3/h13,16-17,21,23-24,26H,4-12,14-15,18-19H2,1-3H3/t21?,23?,24-,26-. The van der Waals surface area contributed by atoms with Gasteiger partial charge in [-0.2, -0.15) is 0 Å². The first kappa shape index (κ1) is 21.8. The number of rotatable bonds is 9. The van der Waals surface area contributed by atoms with E-state index in [2.05, 4.69) is 39.0 Å². The molecule has 1 heterocycles. The number of hydrogen-bond acceptors (Lipinski definition) is 2. The Morgan fingerprint density at radius 2 is 1.57 bits per heavy atom. The van der Waals surface area contributed by atoms with E-state index in [-0.39, 0.29) is 6.29 Å². The van der Waals surface area contributed by atoms with Crippen molar-refractivity contribution in [3.05, 3.63) is 34.9 Å². The molecule has 1 aliphatic carbocycles. The molecule has 0 bridgehead atoms. The van der Waals surface area contributed by atoms with Gasteiger partial charge in [0.25, 0.3) is 0 Å². The normalized spacial score (nSPS) is 28.4. The zero-order valence-electron chi connectivity index (χ0n) is 18.6. The third-order valence-electron chi connectivity index (χ3n) is 7.10. The van der Waals surface area contributed by atoms with Crippen molar-refractivity contribution in [1.29, 1.82) is 0 Å². The van der Waals surface area contributed by atoms with Crippen LogP contribution in [0.2, 0.25) is 0 Å². The van der Waals surface area contributed by atoms with E-state index in [4.69, 9.17) is 9.47 Å². The van der Waals surface area contributed by atoms with Crippen LogP contribution in [-0.2, 0) is 15.9 Å². The van der Waals surface area contributed by atoms with Gasteiger partial charge in [0, 0.05) is 11.5 Å². The number of aryl methyl sites for hydroxylation is 2. The molecule has 158 valence electrons. The molecule has 2 nitrogen and oxygen atoms in total. The van der Waals surface area contributed by atoms with Crippen LogP contribution < -0.4 is 0 Å². The molecule has 1 saturated heterocycles. The highest BCUT2D eigenvalue weighted by Gasteiger charge is 2.32. The van der Waals surface area contributed by atoms with E-state index in [1.807, 2.05) is 0 Å². The monoisotopic (exact) mass is 386 g/mol. The van der Waals surface area contributed by atoms with Crippen LogP contribution in [0.4, 0.5) is 0 Å². The lowest BCUT2D eigenvalue weighted by atomic mass is 9.74. The molecule has 0 unspecified atom stereocenters. The predicted molar refractivity (Wildman–Crippen MR) is 118 cm³/mol. The lowest BCUT2D eigenvalue weighted by Crippen LogP contribution is -2.34. The van der Waals surface area contributed by atoms with Gasteiger partial charge in [-0.15, -0.1) is 0 Å². The summed E-state index contributed by atoms with van der Waals surface area (Å²) in [5.41, 5.74) is 3.97. The zero-order valence-corrected chi connectivity index (χ0v) is 18.6. The number of hydrogen-bond donors (Lipinski definition) is 0. The first-order valence-corrected chi connectivity index (χ1v) is 12.0. The Morgan fingerprint density at radius 3 is 2.21 bits per heavy atom. The van der Waals surface area contributed by atoms with E-state index >= 15 is 0 Å². The molecule has 0 radical (unpaired) electrons. The molecule has 3 rings (SSSR count). The molecule has 1 aromatic rings. The first-order valence-electron chi connectivity index (χ1n) is 12.0. The number of unbranched alkanes of at least 4 members (excludes halogenated alkanes) is 3. The van der Waals surface area contributed by atoms with E-state index in [9.17, 15) is 0 Å². The summed E-state index contributed by atoms with van der Waals surface area (Å²) in [5.74, 6) is 2.38. The quantitative estimate of drug-likeness (QED) is 0.412.